The number of nitrogens with one attached hydrogen (secondary N) is 1. The maximum absolute atomic E-state index is 13.1. The molecule has 0 radical (unpaired) electrons. The lowest BCUT2D eigenvalue weighted by molar-refractivity contribution is -0.156. The molecule has 1 aliphatic rings. The Morgan fingerprint density at radius 1 is 1.03 bits per heavy atom. The quantitative estimate of drug-likeness (QED) is 0.157. The van der Waals surface area contributed by atoms with Crippen LogP contribution in [0.5, 0.6) is 0 Å². The molecule has 200 valence electrons. The average molecular weight is 526 g/mol. The molecule has 0 atom stereocenters. The van der Waals surface area contributed by atoms with Crippen LogP contribution in [0.2, 0.25) is 0 Å². The number of amides is 1. The fraction of sp³-hybridized carbons (Fsp3) is 0.385. The van der Waals surface area contributed by atoms with Crippen LogP contribution in [0.4, 0.5) is 5.69 Å². The number of nitriles is 1. The van der Waals surface area contributed by atoms with Crippen LogP contribution in [0.25, 0.3) is 17.0 Å². The molecule has 0 unspecified atom stereocenters. The van der Waals surface area contributed by atoms with Gasteiger partial charge in [-0.2, -0.15) is 5.26 Å². The van der Waals surface area contributed by atoms with Gasteiger partial charge in [0.25, 0.3) is 5.91 Å². The Balaban J connectivity index is 1.92. The highest BCUT2D eigenvalue weighted by Gasteiger charge is 2.37. The van der Waals surface area contributed by atoms with Gasteiger partial charge in [0.1, 0.15) is 42.6 Å². The predicted octanol–water partition coefficient (Wildman–Crippen LogP) is 1.45. The number of hydrogen-bond acceptors (Lipinski definition) is 11. The Hall–Kier alpha value is -4.66. The largest absolute Gasteiger partial charge is 0.463 e. The van der Waals surface area contributed by atoms with Gasteiger partial charge in [-0.3, -0.25) is 19.2 Å². The molecular weight excluding hydrogens is 498 g/mol. The SMILES string of the molecule is CC(=O)OCC(COC(C)=O)(COC(C)=O)NC(=O)/C(C#N)=C/c1cc2ccc(N3CCC3)cc2oc1=O. The van der Waals surface area contributed by atoms with E-state index >= 15 is 0 Å². The highest BCUT2D eigenvalue weighted by Crippen LogP contribution is 2.25. The number of rotatable bonds is 10. The van der Waals surface area contributed by atoms with Crippen molar-refractivity contribution in [3.63, 3.8) is 0 Å². The van der Waals surface area contributed by atoms with Crippen molar-refractivity contribution in [2.24, 2.45) is 0 Å². The second-order valence-electron chi connectivity index (χ2n) is 8.80. The van der Waals surface area contributed by atoms with Crippen LogP contribution in [0, 0.1) is 11.3 Å². The molecule has 0 aliphatic carbocycles. The Morgan fingerprint density at radius 2 is 1.61 bits per heavy atom. The van der Waals surface area contributed by atoms with Crippen LogP contribution in [0.3, 0.4) is 0 Å². The molecule has 1 aliphatic heterocycles. The Morgan fingerprint density at radius 3 is 2.08 bits per heavy atom. The third-order valence-electron chi connectivity index (χ3n) is 5.67. The number of fused-ring (bicyclic) bond motifs is 1. The smallest absolute Gasteiger partial charge is 0.343 e. The van der Waals surface area contributed by atoms with Crippen LogP contribution in [-0.2, 0) is 33.4 Å². The maximum Gasteiger partial charge on any atom is 0.343 e. The maximum atomic E-state index is 13.1. The highest BCUT2D eigenvalue weighted by atomic mass is 16.6. The number of carbonyl (C=O) groups excluding carboxylic acids is 4. The Labute approximate surface area is 217 Å². The van der Waals surface area contributed by atoms with E-state index in [1.54, 1.807) is 18.2 Å². The molecule has 1 saturated heterocycles. The third kappa shape index (κ3) is 7.19. The van der Waals surface area contributed by atoms with Crippen LogP contribution >= 0.6 is 0 Å². The molecule has 0 bridgehead atoms. The van der Waals surface area contributed by atoms with Gasteiger partial charge in [-0.15, -0.1) is 0 Å². The number of anilines is 1. The lowest BCUT2D eigenvalue weighted by Crippen LogP contribution is -2.59. The van der Waals surface area contributed by atoms with Crippen molar-refractivity contribution >= 4 is 46.5 Å². The lowest BCUT2D eigenvalue weighted by atomic mass is 10.0. The normalized spacial score (nSPS) is 13.2. The van der Waals surface area contributed by atoms with Crippen LogP contribution in [0.1, 0.15) is 32.8 Å². The molecule has 1 aromatic carbocycles. The number of ether oxygens (including phenoxy) is 3. The minimum absolute atomic E-state index is 0.0496. The summed E-state index contributed by atoms with van der Waals surface area (Å²) in [7, 11) is 0. The second kappa shape index (κ2) is 12.1. The molecule has 1 amide bonds. The zero-order chi connectivity index (χ0) is 27.9. The molecule has 1 N–H and O–H groups in total. The highest BCUT2D eigenvalue weighted by molar-refractivity contribution is 6.02. The fourth-order valence-corrected chi connectivity index (χ4v) is 3.55. The fourth-order valence-electron chi connectivity index (χ4n) is 3.55. The summed E-state index contributed by atoms with van der Waals surface area (Å²) in [5, 5.41) is 12.7. The Bertz CT molecular complexity index is 1340. The van der Waals surface area contributed by atoms with Gasteiger partial charge in [0.05, 0.1) is 5.56 Å². The van der Waals surface area contributed by atoms with Crippen molar-refractivity contribution in [3.05, 3.63) is 45.8 Å². The van der Waals surface area contributed by atoms with Crippen LogP contribution in [-0.4, -0.2) is 62.3 Å². The summed E-state index contributed by atoms with van der Waals surface area (Å²) in [6, 6.07) is 8.64. The topological polar surface area (TPSA) is 165 Å². The van der Waals surface area contributed by atoms with E-state index in [0.29, 0.717) is 11.0 Å². The average Bonchev–Trinajstić information content (AvgIpc) is 2.82. The van der Waals surface area contributed by atoms with Gasteiger partial charge in [0.2, 0.25) is 0 Å². The van der Waals surface area contributed by atoms with Gasteiger partial charge in [0.15, 0.2) is 0 Å². The van der Waals surface area contributed by atoms with Crippen molar-refractivity contribution in [3.8, 4) is 6.07 Å². The van der Waals surface area contributed by atoms with Crippen molar-refractivity contribution in [2.75, 3.05) is 37.8 Å². The molecular formula is C26H27N3O9. The van der Waals surface area contributed by atoms with Gasteiger partial charge >= 0.3 is 23.5 Å². The predicted molar refractivity (Wildman–Crippen MR) is 134 cm³/mol. The monoisotopic (exact) mass is 525 g/mol. The van der Waals surface area contributed by atoms with Crippen molar-refractivity contribution in [1.82, 2.24) is 5.32 Å². The first-order chi connectivity index (χ1) is 18.0. The molecule has 0 spiro atoms. The molecule has 3 rings (SSSR count). The summed E-state index contributed by atoms with van der Waals surface area (Å²) in [6.45, 7) is 3.60. The third-order valence-corrected chi connectivity index (χ3v) is 5.67. The van der Waals surface area contributed by atoms with E-state index in [9.17, 15) is 29.2 Å². The number of nitrogens with zero attached hydrogens (tertiary/aromatic N) is 2. The van der Waals surface area contributed by atoms with Gasteiger partial charge in [-0.1, -0.05) is 0 Å². The molecule has 12 heteroatoms. The Kier molecular flexibility index (Phi) is 8.85. The van der Waals surface area contributed by atoms with Gasteiger partial charge < -0.3 is 28.8 Å². The summed E-state index contributed by atoms with van der Waals surface area (Å²) >= 11 is 0. The summed E-state index contributed by atoms with van der Waals surface area (Å²) < 4.78 is 20.4. The zero-order valence-corrected chi connectivity index (χ0v) is 21.2. The van der Waals surface area contributed by atoms with Gasteiger partial charge in [-0.25, -0.2) is 4.79 Å². The summed E-state index contributed by atoms with van der Waals surface area (Å²) in [4.78, 5) is 62.2. The molecule has 1 aromatic heterocycles. The zero-order valence-electron chi connectivity index (χ0n) is 21.2. The number of hydrogen-bond donors (Lipinski definition) is 1. The van der Waals surface area contributed by atoms with Gasteiger partial charge in [-0.05, 0) is 30.7 Å². The number of carbonyl (C=O) groups is 4. The number of esters is 3. The van der Waals surface area contributed by atoms with E-state index in [1.807, 2.05) is 6.07 Å². The first kappa shape index (κ1) is 27.9. The van der Waals surface area contributed by atoms with E-state index in [0.717, 1.165) is 52.0 Å². The first-order valence-electron chi connectivity index (χ1n) is 11.7. The van der Waals surface area contributed by atoms with E-state index < -0.39 is 60.4 Å². The molecule has 38 heavy (non-hydrogen) atoms. The standard InChI is InChI=1S/C26H27N3O9/c1-16(30)35-13-26(14-36-17(2)31,15-37-18(3)32)28-24(33)21(12-27)10-20-9-19-5-6-22(29-7-4-8-29)11-23(19)38-25(20)34/h5-6,9-11H,4,7-8,13-15H2,1-3H3,(H,28,33)/b21-10+. The second-order valence-corrected chi connectivity index (χ2v) is 8.80. The molecule has 2 heterocycles. The molecule has 0 saturated carbocycles. The summed E-state index contributed by atoms with van der Waals surface area (Å²) in [5.41, 5.74) is -1.72. The van der Waals surface area contributed by atoms with Crippen LogP contribution in [0.15, 0.2) is 39.1 Å². The minimum atomic E-state index is -1.71. The van der Waals surface area contributed by atoms with E-state index in [-0.39, 0.29) is 5.56 Å². The minimum Gasteiger partial charge on any atom is -0.463 e. The number of benzene rings is 1. The molecule has 1 fully saturated rings. The van der Waals surface area contributed by atoms with Crippen molar-refractivity contribution in [2.45, 2.75) is 32.7 Å². The van der Waals surface area contributed by atoms with Crippen molar-refractivity contribution in [1.29, 1.82) is 5.26 Å². The molecule has 2 aromatic rings. The van der Waals surface area contributed by atoms with E-state index in [2.05, 4.69) is 10.2 Å². The summed E-state index contributed by atoms with van der Waals surface area (Å²) in [6.07, 6.45) is 2.15. The lowest BCUT2D eigenvalue weighted by Gasteiger charge is -2.33. The van der Waals surface area contributed by atoms with E-state index in [4.69, 9.17) is 18.6 Å². The summed E-state index contributed by atoms with van der Waals surface area (Å²) in [5.74, 6) is -3.13. The first-order valence-corrected chi connectivity index (χ1v) is 11.7. The molecule has 12 nitrogen and oxygen atoms in total. The van der Waals surface area contributed by atoms with Gasteiger partial charge in [0, 0.05) is 51.0 Å². The van der Waals surface area contributed by atoms with Crippen LogP contribution < -0.4 is 15.8 Å². The van der Waals surface area contributed by atoms with Crippen molar-refractivity contribution < 1.29 is 37.8 Å². The van der Waals surface area contributed by atoms with E-state index in [1.165, 1.54) is 6.07 Å².